The van der Waals surface area contributed by atoms with Gasteiger partial charge in [-0.3, -0.25) is 0 Å². The summed E-state index contributed by atoms with van der Waals surface area (Å²) in [6.07, 6.45) is 5.76. The van der Waals surface area contributed by atoms with Gasteiger partial charge in [-0.2, -0.15) is 0 Å². The zero-order valence-electron chi connectivity index (χ0n) is 12.2. The van der Waals surface area contributed by atoms with Gasteiger partial charge in [-0.15, -0.1) is 0 Å². The van der Waals surface area contributed by atoms with Crippen molar-refractivity contribution in [3.8, 4) is 5.75 Å². The van der Waals surface area contributed by atoms with Gasteiger partial charge in [0.25, 0.3) is 0 Å². The molecule has 0 bridgehead atoms. The van der Waals surface area contributed by atoms with Crippen molar-refractivity contribution in [3.05, 3.63) is 47.8 Å². The zero-order chi connectivity index (χ0) is 14.7. The summed E-state index contributed by atoms with van der Waals surface area (Å²) >= 11 is 1.75. The Labute approximate surface area is 129 Å². The first-order valence-corrected chi connectivity index (χ1v) is 7.97. The van der Waals surface area contributed by atoms with Gasteiger partial charge in [0.05, 0.1) is 7.11 Å². The van der Waals surface area contributed by atoms with Gasteiger partial charge in [-0.05, 0) is 49.2 Å². The van der Waals surface area contributed by atoms with E-state index in [-0.39, 0.29) is 0 Å². The van der Waals surface area contributed by atoms with Crippen molar-refractivity contribution in [2.75, 3.05) is 14.2 Å². The van der Waals surface area contributed by atoms with Gasteiger partial charge in [-0.1, -0.05) is 17.8 Å². The first-order chi connectivity index (χ1) is 10.3. The van der Waals surface area contributed by atoms with Crippen molar-refractivity contribution in [1.82, 2.24) is 15.3 Å². The van der Waals surface area contributed by atoms with Crippen molar-refractivity contribution < 1.29 is 4.74 Å². The van der Waals surface area contributed by atoms with E-state index in [4.69, 9.17) is 4.74 Å². The number of rotatable bonds is 4. The summed E-state index contributed by atoms with van der Waals surface area (Å²) in [5, 5.41) is 4.74. The molecule has 21 heavy (non-hydrogen) atoms. The fraction of sp³-hybridized carbons (Fsp3) is 0.375. The smallest absolute Gasteiger partial charge is 0.187 e. The van der Waals surface area contributed by atoms with E-state index in [1.54, 1.807) is 31.3 Å². The van der Waals surface area contributed by atoms with Crippen LogP contribution in [0.2, 0.25) is 0 Å². The van der Waals surface area contributed by atoms with Crippen LogP contribution in [-0.2, 0) is 6.42 Å². The molecule has 2 aromatic rings. The molecule has 1 aromatic carbocycles. The van der Waals surface area contributed by atoms with Gasteiger partial charge in [-0.25, -0.2) is 9.97 Å². The quantitative estimate of drug-likeness (QED) is 0.880. The molecule has 1 aromatic heterocycles. The maximum atomic E-state index is 5.33. The van der Waals surface area contributed by atoms with Crippen LogP contribution in [0.25, 0.3) is 0 Å². The Kier molecular flexibility index (Phi) is 4.41. The lowest BCUT2D eigenvalue weighted by molar-refractivity contribution is 0.412. The van der Waals surface area contributed by atoms with Gasteiger partial charge < -0.3 is 10.1 Å². The molecule has 2 atom stereocenters. The number of aryl methyl sites for hydroxylation is 1. The molecule has 3 rings (SSSR count). The van der Waals surface area contributed by atoms with Crippen LogP contribution < -0.4 is 10.1 Å². The SMILES string of the molecule is CNC1c2ccc(OC)cc2CCC1Sc1ncccn1. The minimum absolute atomic E-state index is 0.313. The Morgan fingerprint density at radius 1 is 1.29 bits per heavy atom. The predicted molar refractivity (Wildman–Crippen MR) is 84.8 cm³/mol. The van der Waals surface area contributed by atoms with Crippen molar-refractivity contribution in [2.24, 2.45) is 0 Å². The minimum atomic E-state index is 0.313. The molecule has 0 amide bonds. The van der Waals surface area contributed by atoms with E-state index in [2.05, 4.69) is 27.4 Å². The molecule has 0 spiro atoms. The number of hydrogen-bond acceptors (Lipinski definition) is 5. The van der Waals surface area contributed by atoms with Crippen molar-refractivity contribution in [1.29, 1.82) is 0 Å². The normalized spacial score (nSPS) is 20.9. The Morgan fingerprint density at radius 3 is 2.81 bits per heavy atom. The first-order valence-electron chi connectivity index (χ1n) is 7.09. The summed E-state index contributed by atoms with van der Waals surface area (Å²) in [5.41, 5.74) is 2.73. The average molecular weight is 301 g/mol. The van der Waals surface area contributed by atoms with Crippen LogP contribution in [0.3, 0.4) is 0 Å². The molecular formula is C16H19N3OS. The number of benzene rings is 1. The van der Waals surface area contributed by atoms with Gasteiger partial charge in [0.1, 0.15) is 5.75 Å². The van der Waals surface area contributed by atoms with E-state index in [0.717, 1.165) is 23.7 Å². The molecule has 0 fully saturated rings. The van der Waals surface area contributed by atoms with E-state index >= 15 is 0 Å². The van der Waals surface area contributed by atoms with E-state index in [0.29, 0.717) is 11.3 Å². The average Bonchev–Trinajstić information content (AvgIpc) is 2.55. The molecule has 1 N–H and O–H groups in total. The maximum absolute atomic E-state index is 5.33. The highest BCUT2D eigenvalue weighted by Crippen LogP contribution is 2.39. The molecule has 0 saturated carbocycles. The van der Waals surface area contributed by atoms with Crippen LogP contribution in [0.1, 0.15) is 23.6 Å². The molecular weight excluding hydrogens is 282 g/mol. The number of nitrogens with one attached hydrogen (secondary N) is 1. The second-order valence-electron chi connectivity index (χ2n) is 5.06. The molecule has 1 heterocycles. The molecule has 0 radical (unpaired) electrons. The summed E-state index contributed by atoms with van der Waals surface area (Å²) in [6, 6.07) is 8.53. The Hall–Kier alpha value is -1.59. The molecule has 0 aliphatic heterocycles. The summed E-state index contributed by atoms with van der Waals surface area (Å²) < 4.78 is 5.33. The lowest BCUT2D eigenvalue weighted by Crippen LogP contribution is -2.32. The van der Waals surface area contributed by atoms with Crippen molar-refractivity contribution in [2.45, 2.75) is 29.3 Å². The van der Waals surface area contributed by atoms with Crippen LogP contribution in [0.4, 0.5) is 0 Å². The topological polar surface area (TPSA) is 47.0 Å². The summed E-state index contributed by atoms with van der Waals surface area (Å²) in [5.74, 6) is 0.932. The molecule has 1 aliphatic carbocycles. The third-order valence-corrected chi connectivity index (χ3v) is 5.10. The fourth-order valence-electron chi connectivity index (χ4n) is 2.84. The van der Waals surface area contributed by atoms with Gasteiger partial charge in [0.15, 0.2) is 5.16 Å². The third-order valence-electron chi connectivity index (χ3n) is 3.87. The second-order valence-corrected chi connectivity index (χ2v) is 6.26. The monoisotopic (exact) mass is 301 g/mol. The molecule has 4 nitrogen and oxygen atoms in total. The highest BCUT2D eigenvalue weighted by Gasteiger charge is 2.30. The van der Waals surface area contributed by atoms with Crippen LogP contribution in [0.15, 0.2) is 41.8 Å². The van der Waals surface area contributed by atoms with Crippen LogP contribution >= 0.6 is 11.8 Å². The maximum Gasteiger partial charge on any atom is 0.187 e. The standard InChI is InChI=1S/C16H19N3OS/c1-17-15-13-6-5-12(20-2)10-11(13)4-7-14(15)21-16-18-8-3-9-19-16/h3,5-6,8-10,14-15,17H,4,7H2,1-2H3. The number of nitrogens with zero attached hydrogens (tertiary/aromatic N) is 2. The van der Waals surface area contributed by atoms with Crippen LogP contribution in [0.5, 0.6) is 5.75 Å². The van der Waals surface area contributed by atoms with E-state index in [9.17, 15) is 0 Å². The second kappa shape index (κ2) is 6.45. The van der Waals surface area contributed by atoms with Crippen LogP contribution in [0, 0.1) is 0 Å². The van der Waals surface area contributed by atoms with Gasteiger partial charge >= 0.3 is 0 Å². The number of aromatic nitrogens is 2. The summed E-state index contributed by atoms with van der Waals surface area (Å²) in [7, 11) is 3.73. The first kappa shape index (κ1) is 14.4. The van der Waals surface area contributed by atoms with E-state index < -0.39 is 0 Å². The lowest BCUT2D eigenvalue weighted by atomic mass is 9.87. The molecule has 1 aliphatic rings. The van der Waals surface area contributed by atoms with Crippen molar-refractivity contribution in [3.63, 3.8) is 0 Å². The fourth-order valence-corrected chi connectivity index (χ4v) is 4.01. The van der Waals surface area contributed by atoms with Gasteiger partial charge in [0.2, 0.25) is 0 Å². The summed E-state index contributed by atoms with van der Waals surface area (Å²) in [6.45, 7) is 0. The van der Waals surface area contributed by atoms with E-state index in [1.807, 2.05) is 19.2 Å². The van der Waals surface area contributed by atoms with Crippen LogP contribution in [-0.4, -0.2) is 29.4 Å². The third kappa shape index (κ3) is 3.04. The van der Waals surface area contributed by atoms with Crippen molar-refractivity contribution >= 4 is 11.8 Å². The Bertz CT molecular complexity index is 606. The minimum Gasteiger partial charge on any atom is -0.497 e. The molecule has 5 heteroatoms. The molecule has 2 unspecified atom stereocenters. The largest absolute Gasteiger partial charge is 0.497 e. The predicted octanol–water partition coefficient (Wildman–Crippen LogP) is 2.85. The zero-order valence-corrected chi connectivity index (χ0v) is 13.1. The Balaban J connectivity index is 1.84. The number of hydrogen-bond donors (Lipinski definition) is 1. The highest BCUT2D eigenvalue weighted by atomic mass is 32.2. The number of ether oxygens (including phenoxy) is 1. The number of methoxy groups -OCH3 is 1. The number of fused-ring (bicyclic) bond motifs is 1. The highest BCUT2D eigenvalue weighted by molar-refractivity contribution is 7.99. The Morgan fingerprint density at radius 2 is 2.10 bits per heavy atom. The molecule has 110 valence electrons. The van der Waals surface area contributed by atoms with E-state index in [1.165, 1.54) is 11.1 Å². The lowest BCUT2D eigenvalue weighted by Gasteiger charge is -2.32. The summed E-state index contributed by atoms with van der Waals surface area (Å²) in [4.78, 5) is 8.66. The number of thioether (sulfide) groups is 1. The molecule has 0 saturated heterocycles. The van der Waals surface area contributed by atoms with Gasteiger partial charge in [0, 0.05) is 23.7 Å².